The lowest BCUT2D eigenvalue weighted by atomic mass is 9.84. The molecule has 1 aromatic rings. The van der Waals surface area contributed by atoms with E-state index in [0.29, 0.717) is 37.4 Å². The monoisotopic (exact) mass is 471 g/mol. The average molecular weight is 472 g/mol. The van der Waals surface area contributed by atoms with Crippen LogP contribution < -0.4 is 5.32 Å². The predicted octanol–water partition coefficient (Wildman–Crippen LogP) is 3.70. The summed E-state index contributed by atoms with van der Waals surface area (Å²) in [5.74, 6) is -0.0643. The maximum Gasteiger partial charge on any atom is 0.417 e. The molecule has 0 bridgehead atoms. The summed E-state index contributed by atoms with van der Waals surface area (Å²) in [6.07, 6.45) is 1.66. The molecule has 0 spiro atoms. The Morgan fingerprint density at radius 3 is 2.58 bits per heavy atom. The third kappa shape index (κ3) is 6.90. The molecule has 0 radical (unpaired) electrons. The number of aromatic nitrogens is 1. The lowest BCUT2D eigenvalue weighted by Gasteiger charge is -2.37. The number of nitrogens with one attached hydrogen (secondary N) is 1. The number of rotatable bonds is 3. The smallest absolute Gasteiger partial charge is 0.389 e. The Hall–Kier alpha value is -1.71. The van der Waals surface area contributed by atoms with E-state index < -0.39 is 17.8 Å². The molecule has 186 valence electrons. The summed E-state index contributed by atoms with van der Waals surface area (Å²) in [5.41, 5.74) is 0.376. The molecule has 1 aliphatic carbocycles. The number of alkyl halides is 3. The zero-order valence-corrected chi connectivity index (χ0v) is 19.5. The SMILES string of the molecule is CCC.O=C(C1CCC(NC2CCOCC2O)CC1)N1CCc2ncc(C(F)(F)F)cc2C1. The molecule has 0 aromatic carbocycles. The van der Waals surface area contributed by atoms with Gasteiger partial charge >= 0.3 is 6.18 Å². The van der Waals surface area contributed by atoms with Crippen LogP contribution in [0.5, 0.6) is 0 Å². The molecule has 1 saturated carbocycles. The van der Waals surface area contributed by atoms with Gasteiger partial charge in [-0.15, -0.1) is 0 Å². The molecule has 1 amide bonds. The van der Waals surface area contributed by atoms with Gasteiger partial charge < -0.3 is 20.1 Å². The van der Waals surface area contributed by atoms with Gasteiger partial charge in [-0.3, -0.25) is 9.78 Å². The van der Waals surface area contributed by atoms with Crippen molar-refractivity contribution in [3.05, 3.63) is 29.1 Å². The Balaban J connectivity index is 0.000000968. The Labute approximate surface area is 193 Å². The van der Waals surface area contributed by atoms with Crippen LogP contribution >= 0.6 is 0 Å². The van der Waals surface area contributed by atoms with E-state index >= 15 is 0 Å². The molecular weight excluding hydrogens is 435 g/mol. The molecule has 3 heterocycles. The van der Waals surface area contributed by atoms with Gasteiger partial charge in [-0.2, -0.15) is 13.2 Å². The van der Waals surface area contributed by atoms with Crippen LogP contribution in [-0.2, 0) is 28.7 Å². The zero-order chi connectivity index (χ0) is 24.0. The molecule has 9 heteroatoms. The second-order valence-electron chi connectivity index (χ2n) is 9.30. The van der Waals surface area contributed by atoms with Crippen LogP contribution in [0.25, 0.3) is 0 Å². The number of carbonyl (C=O) groups is 1. The summed E-state index contributed by atoms with van der Waals surface area (Å²) in [5, 5.41) is 13.5. The highest BCUT2D eigenvalue weighted by atomic mass is 19.4. The molecule has 2 unspecified atom stereocenters. The number of aliphatic hydroxyl groups is 1. The van der Waals surface area contributed by atoms with Crippen molar-refractivity contribution in [1.82, 2.24) is 15.2 Å². The molecule has 2 N–H and O–H groups in total. The van der Waals surface area contributed by atoms with Gasteiger partial charge in [-0.1, -0.05) is 20.3 Å². The minimum Gasteiger partial charge on any atom is -0.389 e. The lowest BCUT2D eigenvalue weighted by molar-refractivity contribution is -0.138. The van der Waals surface area contributed by atoms with E-state index in [2.05, 4.69) is 24.1 Å². The number of amides is 1. The number of carbonyl (C=O) groups excluding carboxylic acids is 1. The number of nitrogens with zero attached hydrogens (tertiary/aromatic N) is 2. The van der Waals surface area contributed by atoms with Gasteiger partial charge in [0.25, 0.3) is 0 Å². The molecule has 3 aliphatic rings. The molecule has 2 aliphatic heterocycles. The highest BCUT2D eigenvalue weighted by Crippen LogP contribution is 2.32. The molecule has 4 rings (SSSR count). The van der Waals surface area contributed by atoms with Crippen LogP contribution in [0.3, 0.4) is 0 Å². The second kappa shape index (κ2) is 11.6. The first-order valence-corrected chi connectivity index (χ1v) is 12.1. The quantitative estimate of drug-likeness (QED) is 0.703. The second-order valence-corrected chi connectivity index (χ2v) is 9.30. The number of pyridine rings is 1. The fourth-order valence-electron chi connectivity index (χ4n) is 4.75. The summed E-state index contributed by atoms with van der Waals surface area (Å²) in [4.78, 5) is 18.7. The van der Waals surface area contributed by atoms with Crippen molar-refractivity contribution < 1.29 is 27.8 Å². The van der Waals surface area contributed by atoms with Gasteiger partial charge in [0, 0.05) is 56.0 Å². The Kier molecular flexibility index (Phi) is 9.12. The first-order valence-electron chi connectivity index (χ1n) is 12.1. The maximum absolute atomic E-state index is 13.0. The number of aliphatic hydroxyl groups excluding tert-OH is 1. The van der Waals surface area contributed by atoms with E-state index in [-0.39, 0.29) is 30.5 Å². The highest BCUT2D eigenvalue weighted by Gasteiger charge is 2.35. The summed E-state index contributed by atoms with van der Waals surface area (Å²) >= 11 is 0. The van der Waals surface area contributed by atoms with E-state index in [9.17, 15) is 23.1 Å². The minimum absolute atomic E-state index is 0.0302. The van der Waals surface area contributed by atoms with Crippen molar-refractivity contribution in [1.29, 1.82) is 0 Å². The van der Waals surface area contributed by atoms with E-state index in [4.69, 9.17) is 4.74 Å². The molecular formula is C24H36F3N3O3. The first-order chi connectivity index (χ1) is 15.7. The average Bonchev–Trinajstić information content (AvgIpc) is 2.80. The third-order valence-electron chi connectivity index (χ3n) is 6.53. The third-order valence-corrected chi connectivity index (χ3v) is 6.53. The molecule has 1 aromatic heterocycles. The van der Waals surface area contributed by atoms with Crippen molar-refractivity contribution in [3.8, 4) is 0 Å². The van der Waals surface area contributed by atoms with E-state index in [1.165, 1.54) is 6.42 Å². The van der Waals surface area contributed by atoms with Crippen LogP contribution in [0.4, 0.5) is 13.2 Å². The summed E-state index contributed by atoms with van der Waals surface area (Å²) in [6.45, 7) is 5.94. The molecule has 2 fully saturated rings. The topological polar surface area (TPSA) is 74.7 Å². The first kappa shape index (κ1) is 25.9. The molecule has 6 nitrogen and oxygen atoms in total. The van der Waals surface area contributed by atoms with Gasteiger partial charge in [0.05, 0.1) is 18.3 Å². The van der Waals surface area contributed by atoms with Crippen LogP contribution in [0.2, 0.25) is 0 Å². The van der Waals surface area contributed by atoms with E-state index in [0.717, 1.165) is 44.4 Å². The van der Waals surface area contributed by atoms with Crippen molar-refractivity contribution in [2.75, 3.05) is 19.8 Å². The van der Waals surface area contributed by atoms with Crippen LogP contribution in [0.1, 0.15) is 69.2 Å². The summed E-state index contributed by atoms with van der Waals surface area (Å²) in [7, 11) is 0. The Morgan fingerprint density at radius 2 is 1.94 bits per heavy atom. The minimum atomic E-state index is -4.43. The molecule has 33 heavy (non-hydrogen) atoms. The van der Waals surface area contributed by atoms with Gasteiger partial charge in [0.1, 0.15) is 0 Å². The van der Waals surface area contributed by atoms with E-state index in [1.807, 2.05) is 0 Å². The van der Waals surface area contributed by atoms with Crippen LogP contribution in [0.15, 0.2) is 12.3 Å². The van der Waals surface area contributed by atoms with Gasteiger partial charge in [-0.25, -0.2) is 0 Å². The number of hydrogen-bond acceptors (Lipinski definition) is 5. The van der Waals surface area contributed by atoms with Gasteiger partial charge in [0.15, 0.2) is 0 Å². The van der Waals surface area contributed by atoms with Crippen molar-refractivity contribution >= 4 is 5.91 Å². The highest BCUT2D eigenvalue weighted by molar-refractivity contribution is 5.79. The Morgan fingerprint density at radius 1 is 1.24 bits per heavy atom. The number of fused-ring (bicyclic) bond motifs is 1. The number of ether oxygens (including phenoxy) is 1. The number of halogens is 3. The zero-order valence-electron chi connectivity index (χ0n) is 19.5. The van der Waals surface area contributed by atoms with Gasteiger partial charge in [0.2, 0.25) is 5.91 Å². The fourth-order valence-corrected chi connectivity index (χ4v) is 4.75. The predicted molar refractivity (Wildman–Crippen MR) is 118 cm³/mol. The Bertz CT molecular complexity index is 782. The standard InChI is InChI=1S/C21H28F3N3O3.C3H8/c22-21(23,24)15-9-14-11-27(7-5-17(14)25-10-15)20(29)13-1-3-16(4-2-13)26-18-6-8-30-12-19(18)28;1-3-2/h9-10,13,16,18-19,26,28H,1-8,11-12H2;3H2,1-2H3. The lowest BCUT2D eigenvalue weighted by Crippen LogP contribution is -2.51. The van der Waals surface area contributed by atoms with Crippen LogP contribution in [-0.4, -0.2) is 58.8 Å². The normalized spacial score (nSPS) is 27.9. The van der Waals surface area contributed by atoms with Crippen molar-refractivity contribution in [2.45, 2.75) is 89.7 Å². The largest absolute Gasteiger partial charge is 0.417 e. The van der Waals surface area contributed by atoms with Crippen molar-refractivity contribution in [3.63, 3.8) is 0 Å². The van der Waals surface area contributed by atoms with E-state index in [1.54, 1.807) is 4.90 Å². The summed E-state index contributed by atoms with van der Waals surface area (Å²) < 4.78 is 44.2. The molecule has 1 saturated heterocycles. The van der Waals surface area contributed by atoms with Crippen molar-refractivity contribution in [2.24, 2.45) is 5.92 Å². The van der Waals surface area contributed by atoms with Gasteiger partial charge in [-0.05, 0) is 43.7 Å². The number of hydrogen-bond donors (Lipinski definition) is 2. The maximum atomic E-state index is 13.0. The fraction of sp³-hybridized carbons (Fsp3) is 0.750. The van der Waals surface area contributed by atoms with Crippen LogP contribution in [0, 0.1) is 5.92 Å². The summed E-state index contributed by atoms with van der Waals surface area (Å²) in [6, 6.07) is 1.43. The molecule has 2 atom stereocenters.